The summed E-state index contributed by atoms with van der Waals surface area (Å²) in [7, 11) is 0. The predicted octanol–water partition coefficient (Wildman–Crippen LogP) is -1.77. The van der Waals surface area contributed by atoms with Crippen molar-refractivity contribution in [1.82, 2.24) is 0 Å². The molecule has 12 N–H and O–H groups in total. The Morgan fingerprint density at radius 2 is 1.24 bits per heavy atom. The normalized spacial score (nSPS) is 55.7. The van der Waals surface area contributed by atoms with Crippen molar-refractivity contribution >= 4 is 5.97 Å². The van der Waals surface area contributed by atoms with E-state index in [-0.39, 0.29) is 46.1 Å². The maximum absolute atomic E-state index is 13.8. The Kier molecular flexibility index (Phi) is 14.8. The van der Waals surface area contributed by atoms with Crippen molar-refractivity contribution in [3.8, 4) is 0 Å². The van der Waals surface area contributed by atoms with Crippen LogP contribution >= 0.6 is 0 Å². The van der Waals surface area contributed by atoms with Gasteiger partial charge in [0.15, 0.2) is 25.2 Å². The second-order valence-electron chi connectivity index (χ2n) is 25.6. The molecule has 0 aromatic heterocycles. The van der Waals surface area contributed by atoms with Crippen LogP contribution in [0.2, 0.25) is 0 Å². The molecule has 10 rings (SSSR count). The van der Waals surface area contributed by atoms with Crippen LogP contribution in [0.4, 0.5) is 0 Å². The molecule has 0 amide bonds. The zero-order valence-electron chi connectivity index (χ0n) is 43.4. The molecule has 10 aliphatic rings. The first-order valence-corrected chi connectivity index (χ1v) is 26.8. The fraction of sp³-hybridized carbons (Fsp3) is 0.942. The SMILES string of the molecule is CC1(C)C[C@H]2C3=CC[C@@H]4[C@@]5(C)CC[C@H](O[C@@H]6O[C@H](CO[C@@H]7OC[C@H](O)[C@H](O)[C@H]7O[C@@H]7OC[C@@H](O)[C@H](O)[C@H]7O)[C@@H](O)[C@H](O)[C@H]6O[C@@H]6O[C@H](CO)[C@@H](O)[C@H](O)[C@H]6O)C(C)(C)C5CC[C@@]4(C)[C@]3(C)C[C@@H](O)[C@@]23C[C@@H]1OC3=O. The molecule has 5 heterocycles. The van der Waals surface area contributed by atoms with E-state index in [0.717, 1.165) is 32.1 Å². The molecular weight excluding hydrogens is 977 g/mol. The molecule has 9 fully saturated rings. The van der Waals surface area contributed by atoms with Gasteiger partial charge in [0.2, 0.25) is 0 Å². The van der Waals surface area contributed by atoms with Gasteiger partial charge in [0.25, 0.3) is 0 Å². The van der Waals surface area contributed by atoms with Gasteiger partial charge in [-0.3, -0.25) is 4.79 Å². The number of aliphatic hydroxyl groups excluding tert-OH is 12. The molecule has 422 valence electrons. The molecule has 5 aliphatic heterocycles. The standard InChI is InChI=1S/C52H82O22/c1-47(2)14-22-21-8-9-28-49(5)12-11-30(48(3,4)27(49)10-13-50(28,6)51(21,7)15-29(56)52(22)16-31(47)72-46(52)65)71-45-41(74-43-39(64)36(61)34(59)25(17-53)69-43)37(62)35(60)26(70-45)20-68-44-40(33(58)24(55)19-67-44)73-42-38(63)32(57)23(54)18-66-42/h8,22-45,53-64H,9-20H2,1-7H3/t22-,23+,24-,25+,26+,27?,28+,29+,30-,31-,32-,33-,34+,35+,36-,37-,38+,39+,40+,41+,42-,43-,44-,45-,49-,50+,51+,52+/m0/s1. The number of carbonyl (C=O) groups excluding carboxylic acids is 1. The molecule has 2 bridgehead atoms. The fourth-order valence-corrected chi connectivity index (χ4v) is 16.4. The van der Waals surface area contributed by atoms with E-state index in [4.69, 9.17) is 42.6 Å². The summed E-state index contributed by atoms with van der Waals surface area (Å²) < 4.78 is 54.2. The van der Waals surface area contributed by atoms with E-state index in [1.807, 2.05) is 0 Å². The van der Waals surface area contributed by atoms with Crippen LogP contribution in [-0.4, -0.2) is 223 Å². The van der Waals surface area contributed by atoms with Gasteiger partial charge in [0.05, 0.1) is 38.6 Å². The minimum atomic E-state index is -1.88. The van der Waals surface area contributed by atoms with Crippen LogP contribution in [0.1, 0.15) is 99.8 Å². The Bertz CT molecular complexity index is 2090. The Labute approximate surface area is 430 Å². The number of esters is 1. The van der Waals surface area contributed by atoms with E-state index >= 15 is 0 Å². The summed E-state index contributed by atoms with van der Waals surface area (Å²) in [6, 6.07) is 0. The molecule has 1 spiro atoms. The highest BCUT2D eigenvalue weighted by Gasteiger charge is 2.75. The van der Waals surface area contributed by atoms with E-state index < -0.39 is 165 Å². The van der Waals surface area contributed by atoms with Crippen LogP contribution in [0.5, 0.6) is 0 Å². The van der Waals surface area contributed by atoms with E-state index in [9.17, 15) is 66.1 Å². The Morgan fingerprint density at radius 3 is 1.95 bits per heavy atom. The smallest absolute Gasteiger partial charge is 0.315 e. The zero-order chi connectivity index (χ0) is 53.6. The summed E-state index contributed by atoms with van der Waals surface area (Å²) in [5.41, 5.74) is -1.35. The second kappa shape index (κ2) is 19.6. The van der Waals surface area contributed by atoms with Crippen LogP contribution in [0, 0.1) is 50.2 Å². The Hall–Kier alpha value is -1.59. The number of rotatable bonds is 10. The van der Waals surface area contributed by atoms with Gasteiger partial charge in [-0.05, 0) is 84.4 Å². The minimum absolute atomic E-state index is 0.0747. The highest BCUT2D eigenvalue weighted by Crippen LogP contribution is 2.77. The molecule has 0 radical (unpaired) electrons. The van der Waals surface area contributed by atoms with Crippen molar-refractivity contribution in [3.05, 3.63) is 11.6 Å². The number of aliphatic hydroxyl groups is 12. The molecule has 22 nitrogen and oxygen atoms in total. The lowest BCUT2D eigenvalue weighted by atomic mass is 9.33. The van der Waals surface area contributed by atoms with Crippen molar-refractivity contribution in [2.75, 3.05) is 26.4 Å². The van der Waals surface area contributed by atoms with Gasteiger partial charge in [-0.1, -0.05) is 60.1 Å². The second-order valence-corrected chi connectivity index (χ2v) is 25.6. The topological polar surface area (TPSA) is 343 Å². The molecule has 5 saturated heterocycles. The zero-order valence-corrected chi connectivity index (χ0v) is 43.4. The van der Waals surface area contributed by atoms with Crippen molar-refractivity contribution in [3.63, 3.8) is 0 Å². The summed E-state index contributed by atoms with van der Waals surface area (Å²) >= 11 is 0. The van der Waals surface area contributed by atoms with Crippen molar-refractivity contribution < 1.29 is 109 Å². The number of hydrogen-bond donors (Lipinski definition) is 12. The average Bonchev–Trinajstić information content (AvgIpc) is 3.68. The monoisotopic (exact) mass is 1060 g/mol. The van der Waals surface area contributed by atoms with E-state index in [1.165, 1.54) is 5.57 Å². The lowest BCUT2D eigenvalue weighted by molar-refractivity contribution is -0.384. The third kappa shape index (κ3) is 8.45. The molecule has 28 atom stereocenters. The first-order chi connectivity index (χ1) is 34.7. The van der Waals surface area contributed by atoms with Gasteiger partial charge < -0.3 is 104 Å². The number of fused-ring (bicyclic) bond motifs is 7. The molecule has 4 saturated carbocycles. The van der Waals surface area contributed by atoms with Crippen LogP contribution in [0.3, 0.4) is 0 Å². The number of carbonyl (C=O) groups is 1. The van der Waals surface area contributed by atoms with E-state index in [0.29, 0.717) is 19.3 Å². The summed E-state index contributed by atoms with van der Waals surface area (Å²) in [6.07, 6.45) is -23.2. The first kappa shape index (κ1) is 55.7. The highest BCUT2D eigenvalue weighted by atomic mass is 16.8. The minimum Gasteiger partial charge on any atom is -0.461 e. The third-order valence-corrected chi connectivity index (χ3v) is 21.1. The maximum atomic E-state index is 13.8. The van der Waals surface area contributed by atoms with Gasteiger partial charge in [0, 0.05) is 11.8 Å². The van der Waals surface area contributed by atoms with Gasteiger partial charge in [-0.25, -0.2) is 0 Å². The number of allylic oxidation sites excluding steroid dienone is 2. The summed E-state index contributed by atoms with van der Waals surface area (Å²) in [5.74, 6) is -0.131. The molecular formula is C52H82O22. The summed E-state index contributed by atoms with van der Waals surface area (Å²) in [5, 5.41) is 131. The number of hydrogen-bond acceptors (Lipinski definition) is 22. The van der Waals surface area contributed by atoms with Crippen LogP contribution in [0.15, 0.2) is 11.6 Å². The molecule has 1 unspecified atom stereocenters. The van der Waals surface area contributed by atoms with Crippen molar-refractivity contribution in [2.24, 2.45) is 50.2 Å². The van der Waals surface area contributed by atoms with E-state index in [2.05, 4.69) is 54.5 Å². The van der Waals surface area contributed by atoms with E-state index in [1.54, 1.807) is 0 Å². The number of ether oxygens (including phenoxy) is 9. The molecule has 5 aliphatic carbocycles. The van der Waals surface area contributed by atoms with Gasteiger partial charge in [-0.15, -0.1) is 0 Å². The molecule has 0 aromatic rings. The molecule has 0 aromatic carbocycles. The quantitative estimate of drug-likeness (QED) is 0.0654. The van der Waals surface area contributed by atoms with Crippen molar-refractivity contribution in [1.29, 1.82) is 0 Å². The Balaban J connectivity index is 0.902. The molecule has 74 heavy (non-hydrogen) atoms. The third-order valence-electron chi connectivity index (χ3n) is 21.1. The van der Waals surface area contributed by atoms with Crippen molar-refractivity contribution in [2.45, 2.75) is 229 Å². The summed E-state index contributed by atoms with van der Waals surface area (Å²) in [4.78, 5) is 13.8. The molecule has 22 heteroatoms. The predicted molar refractivity (Wildman–Crippen MR) is 250 cm³/mol. The van der Waals surface area contributed by atoms with Gasteiger partial charge in [-0.2, -0.15) is 0 Å². The fourth-order valence-electron chi connectivity index (χ4n) is 16.4. The average molecular weight is 1060 g/mol. The van der Waals surface area contributed by atoms with Crippen LogP contribution in [-0.2, 0) is 47.4 Å². The maximum Gasteiger partial charge on any atom is 0.315 e. The van der Waals surface area contributed by atoms with Crippen LogP contribution in [0.25, 0.3) is 0 Å². The lowest BCUT2D eigenvalue weighted by Crippen LogP contribution is -2.68. The van der Waals surface area contributed by atoms with Gasteiger partial charge in [0.1, 0.15) is 97.0 Å². The first-order valence-electron chi connectivity index (χ1n) is 26.8. The highest BCUT2D eigenvalue weighted by molar-refractivity contribution is 5.82. The lowest BCUT2D eigenvalue weighted by Gasteiger charge is -2.71. The Morgan fingerprint density at radius 1 is 0.622 bits per heavy atom. The largest absolute Gasteiger partial charge is 0.461 e. The van der Waals surface area contributed by atoms with Gasteiger partial charge >= 0.3 is 5.97 Å². The summed E-state index contributed by atoms with van der Waals surface area (Å²) in [6.45, 7) is 13.5. The van der Waals surface area contributed by atoms with Crippen LogP contribution < -0.4 is 0 Å².